The first-order valence-electron chi connectivity index (χ1n) is 8.23. The van der Waals surface area contributed by atoms with Gasteiger partial charge < -0.3 is 22.0 Å². The lowest BCUT2D eigenvalue weighted by Gasteiger charge is -2.14. The Morgan fingerprint density at radius 3 is 2.69 bits per heavy atom. The largest absolute Gasteiger partial charge is 0.481 e. The number of rotatable bonds is 8. The minimum Gasteiger partial charge on any atom is -0.481 e. The summed E-state index contributed by atoms with van der Waals surface area (Å²) in [6, 6.07) is 10.4. The zero-order chi connectivity index (χ0) is 19.1. The van der Waals surface area contributed by atoms with Gasteiger partial charge in [-0.3, -0.25) is 9.59 Å². The predicted octanol–water partition coefficient (Wildman–Crippen LogP) is 2.39. The van der Waals surface area contributed by atoms with Crippen LogP contribution in [0.2, 0.25) is 0 Å². The van der Waals surface area contributed by atoms with Crippen LogP contribution in [0.4, 0.5) is 11.4 Å². The minimum absolute atomic E-state index is 0.0240. The Morgan fingerprint density at radius 2 is 2.04 bits per heavy atom. The molecule has 0 atom stereocenters. The zero-order valence-corrected chi connectivity index (χ0v) is 14.5. The molecule has 2 aromatic rings. The van der Waals surface area contributed by atoms with E-state index < -0.39 is 5.97 Å². The van der Waals surface area contributed by atoms with Crippen LogP contribution in [0.15, 0.2) is 41.5 Å². The highest BCUT2D eigenvalue weighted by Gasteiger charge is 2.17. The van der Waals surface area contributed by atoms with Crippen LogP contribution in [0, 0.1) is 0 Å². The standard InChI is InChI=1S/C19H22N4O3/c1-2-15-12(7-9-17(24)25)6-8-16(18(15)20)19(26)13-4-3-5-14(10-13)22-11-23-21/h3-6,8,10-11H,2,7,9,20-21H2,1H3,(H,22,23)(H,24,25). The molecule has 2 rings (SSSR count). The average Bonchev–Trinajstić information content (AvgIpc) is 2.64. The fourth-order valence-electron chi connectivity index (χ4n) is 2.82. The first-order chi connectivity index (χ1) is 12.5. The van der Waals surface area contributed by atoms with Gasteiger partial charge in [0.1, 0.15) is 6.34 Å². The molecule has 0 saturated heterocycles. The molecule has 0 aliphatic rings. The fraction of sp³-hybridized carbons (Fsp3) is 0.211. The van der Waals surface area contributed by atoms with Crippen molar-refractivity contribution in [1.82, 2.24) is 0 Å². The molecule has 0 fully saturated rings. The molecule has 0 saturated carbocycles. The van der Waals surface area contributed by atoms with Gasteiger partial charge in [0.25, 0.3) is 0 Å². The van der Waals surface area contributed by atoms with Crippen molar-refractivity contribution < 1.29 is 14.7 Å². The molecule has 0 radical (unpaired) electrons. The Bertz CT molecular complexity index is 847. The summed E-state index contributed by atoms with van der Waals surface area (Å²) in [5.74, 6) is 4.00. The number of nitrogens with one attached hydrogen (secondary N) is 1. The molecule has 136 valence electrons. The van der Waals surface area contributed by atoms with E-state index in [1.165, 1.54) is 6.34 Å². The van der Waals surface area contributed by atoms with Crippen LogP contribution >= 0.6 is 0 Å². The lowest BCUT2D eigenvalue weighted by atomic mass is 9.92. The van der Waals surface area contributed by atoms with E-state index in [-0.39, 0.29) is 12.2 Å². The van der Waals surface area contributed by atoms with Crippen molar-refractivity contribution in [1.29, 1.82) is 0 Å². The second-order valence-corrected chi connectivity index (χ2v) is 5.74. The highest BCUT2D eigenvalue weighted by Crippen LogP contribution is 2.26. The molecule has 0 bridgehead atoms. The summed E-state index contributed by atoms with van der Waals surface area (Å²) in [4.78, 5) is 23.7. The van der Waals surface area contributed by atoms with Crippen molar-refractivity contribution >= 4 is 29.5 Å². The number of anilines is 2. The lowest BCUT2D eigenvalue weighted by Crippen LogP contribution is -2.11. The molecule has 26 heavy (non-hydrogen) atoms. The molecule has 7 heteroatoms. The minimum atomic E-state index is -0.865. The number of aliphatic carboxylic acids is 1. The number of benzene rings is 2. The van der Waals surface area contributed by atoms with E-state index in [1.54, 1.807) is 36.4 Å². The van der Waals surface area contributed by atoms with Crippen LogP contribution in [0.1, 0.15) is 40.4 Å². The third kappa shape index (κ3) is 4.38. The quantitative estimate of drug-likeness (QED) is 0.144. The van der Waals surface area contributed by atoms with E-state index in [2.05, 4.69) is 10.4 Å². The van der Waals surface area contributed by atoms with Crippen molar-refractivity contribution in [3.63, 3.8) is 0 Å². The summed E-state index contributed by atoms with van der Waals surface area (Å²) in [6.45, 7) is 1.93. The van der Waals surface area contributed by atoms with E-state index in [1.807, 2.05) is 6.92 Å². The van der Waals surface area contributed by atoms with Gasteiger partial charge in [-0.05, 0) is 42.2 Å². The molecule has 0 spiro atoms. The first-order valence-corrected chi connectivity index (χ1v) is 8.23. The van der Waals surface area contributed by atoms with Gasteiger partial charge in [0, 0.05) is 28.9 Å². The van der Waals surface area contributed by atoms with Gasteiger partial charge in [0.15, 0.2) is 5.78 Å². The maximum absolute atomic E-state index is 12.9. The number of carbonyl (C=O) groups is 2. The number of nitrogen functional groups attached to an aromatic ring is 1. The third-order valence-corrected chi connectivity index (χ3v) is 4.09. The van der Waals surface area contributed by atoms with Crippen molar-refractivity contribution in [3.8, 4) is 0 Å². The molecule has 0 heterocycles. The van der Waals surface area contributed by atoms with Crippen LogP contribution in [0.5, 0.6) is 0 Å². The maximum atomic E-state index is 12.9. The number of nitrogens with zero attached hydrogens (tertiary/aromatic N) is 1. The Balaban J connectivity index is 2.36. The predicted molar refractivity (Wildman–Crippen MR) is 102 cm³/mol. The summed E-state index contributed by atoms with van der Waals surface area (Å²) in [6.07, 6.45) is 2.35. The Kier molecular flexibility index (Phi) is 6.32. The van der Waals surface area contributed by atoms with Crippen LogP contribution in [0.3, 0.4) is 0 Å². The molecule has 0 amide bonds. The van der Waals surface area contributed by atoms with Gasteiger partial charge in [-0.15, -0.1) is 0 Å². The Morgan fingerprint density at radius 1 is 1.27 bits per heavy atom. The normalized spacial score (nSPS) is 10.8. The van der Waals surface area contributed by atoms with E-state index in [9.17, 15) is 9.59 Å². The summed E-state index contributed by atoms with van der Waals surface area (Å²) < 4.78 is 0. The second kappa shape index (κ2) is 8.66. The number of hydrogen-bond acceptors (Lipinski definition) is 5. The number of carboxylic acids is 1. The molecular formula is C19H22N4O3. The number of ketones is 1. The smallest absolute Gasteiger partial charge is 0.303 e. The number of aryl methyl sites for hydroxylation is 1. The fourth-order valence-corrected chi connectivity index (χ4v) is 2.82. The molecule has 0 aromatic heterocycles. The number of hydrogen-bond donors (Lipinski definition) is 4. The number of carboxylic acid groups (broad SMARTS) is 1. The molecule has 6 N–H and O–H groups in total. The van der Waals surface area contributed by atoms with Crippen LogP contribution in [-0.4, -0.2) is 23.2 Å². The Hall–Kier alpha value is -3.35. The third-order valence-electron chi connectivity index (χ3n) is 4.09. The number of hydrazone groups is 1. The van der Waals surface area contributed by atoms with Crippen LogP contribution < -0.4 is 16.9 Å². The van der Waals surface area contributed by atoms with Gasteiger partial charge in [-0.1, -0.05) is 25.1 Å². The van der Waals surface area contributed by atoms with Gasteiger partial charge in [0.05, 0.1) is 0 Å². The van der Waals surface area contributed by atoms with E-state index >= 15 is 0 Å². The number of carbonyl (C=O) groups excluding carboxylic acids is 1. The van der Waals surface area contributed by atoms with Gasteiger partial charge in [0.2, 0.25) is 0 Å². The van der Waals surface area contributed by atoms with Gasteiger partial charge in [-0.25, -0.2) is 0 Å². The van der Waals surface area contributed by atoms with Gasteiger partial charge >= 0.3 is 5.97 Å². The van der Waals surface area contributed by atoms with Crippen molar-refractivity contribution in [2.45, 2.75) is 26.2 Å². The maximum Gasteiger partial charge on any atom is 0.303 e. The van der Waals surface area contributed by atoms with Crippen LogP contribution in [-0.2, 0) is 17.6 Å². The Labute approximate surface area is 151 Å². The van der Waals surface area contributed by atoms with Crippen molar-refractivity contribution in [2.24, 2.45) is 10.9 Å². The first kappa shape index (κ1) is 19.0. The highest BCUT2D eigenvalue weighted by molar-refractivity contribution is 6.13. The molecule has 0 aliphatic heterocycles. The molecule has 2 aromatic carbocycles. The van der Waals surface area contributed by atoms with Crippen molar-refractivity contribution in [3.05, 3.63) is 58.7 Å². The van der Waals surface area contributed by atoms with Crippen LogP contribution in [0.25, 0.3) is 0 Å². The number of nitrogens with two attached hydrogens (primary N) is 2. The summed E-state index contributed by atoms with van der Waals surface area (Å²) in [7, 11) is 0. The lowest BCUT2D eigenvalue weighted by molar-refractivity contribution is -0.136. The molecule has 7 nitrogen and oxygen atoms in total. The molecule has 0 aliphatic carbocycles. The zero-order valence-electron chi connectivity index (χ0n) is 14.5. The topological polar surface area (TPSA) is 131 Å². The monoisotopic (exact) mass is 354 g/mol. The van der Waals surface area contributed by atoms with E-state index in [0.29, 0.717) is 35.3 Å². The summed E-state index contributed by atoms with van der Waals surface area (Å²) >= 11 is 0. The average molecular weight is 354 g/mol. The molecular weight excluding hydrogens is 332 g/mol. The van der Waals surface area contributed by atoms with E-state index in [4.69, 9.17) is 16.7 Å². The SMILES string of the molecule is CCc1c(CCC(=O)O)ccc(C(=O)c2cccc(NC=NN)c2)c1N. The van der Waals surface area contributed by atoms with E-state index in [0.717, 1.165) is 11.1 Å². The molecule has 0 unspecified atom stereocenters. The van der Waals surface area contributed by atoms with Gasteiger partial charge in [-0.2, -0.15) is 5.10 Å². The summed E-state index contributed by atoms with van der Waals surface area (Å²) in [5.41, 5.74) is 9.89. The second-order valence-electron chi connectivity index (χ2n) is 5.74. The summed E-state index contributed by atoms with van der Waals surface area (Å²) in [5, 5.41) is 15.1. The van der Waals surface area contributed by atoms with Crippen molar-refractivity contribution in [2.75, 3.05) is 11.1 Å². The highest BCUT2D eigenvalue weighted by atomic mass is 16.4.